The SMILES string of the molecule is Cc1cc(C(=O)O)nn1-c1ccc(F)cc1F. The minimum atomic E-state index is -1.20. The third kappa shape index (κ3) is 2.01. The first-order chi connectivity index (χ1) is 7.99. The highest BCUT2D eigenvalue weighted by Gasteiger charge is 2.14. The van der Waals surface area contributed by atoms with Gasteiger partial charge in [-0.05, 0) is 25.1 Å². The molecule has 0 radical (unpaired) electrons. The predicted octanol–water partition coefficient (Wildman–Crippen LogP) is 2.16. The van der Waals surface area contributed by atoms with Gasteiger partial charge in [-0.15, -0.1) is 0 Å². The van der Waals surface area contributed by atoms with Crippen molar-refractivity contribution < 1.29 is 18.7 Å². The molecule has 0 bridgehead atoms. The fourth-order valence-electron chi connectivity index (χ4n) is 1.48. The van der Waals surface area contributed by atoms with Crippen molar-refractivity contribution in [2.24, 2.45) is 0 Å². The van der Waals surface area contributed by atoms with Gasteiger partial charge in [0, 0.05) is 11.8 Å². The lowest BCUT2D eigenvalue weighted by Gasteiger charge is -2.05. The molecule has 0 saturated carbocycles. The molecule has 0 spiro atoms. The quantitative estimate of drug-likeness (QED) is 0.872. The van der Waals surface area contributed by atoms with Gasteiger partial charge in [0.05, 0.1) is 0 Å². The molecule has 88 valence electrons. The Balaban J connectivity index is 2.56. The summed E-state index contributed by atoms with van der Waals surface area (Å²) in [5.74, 6) is -2.70. The fraction of sp³-hybridized carbons (Fsp3) is 0.0909. The van der Waals surface area contributed by atoms with E-state index < -0.39 is 17.6 Å². The summed E-state index contributed by atoms with van der Waals surface area (Å²) < 4.78 is 27.3. The summed E-state index contributed by atoms with van der Waals surface area (Å²) in [6.07, 6.45) is 0. The van der Waals surface area contributed by atoms with E-state index in [0.29, 0.717) is 5.69 Å². The van der Waals surface area contributed by atoms with E-state index in [-0.39, 0.29) is 11.4 Å². The largest absolute Gasteiger partial charge is 0.476 e. The Morgan fingerprint density at radius 2 is 2.06 bits per heavy atom. The van der Waals surface area contributed by atoms with Crippen LogP contribution in [0.5, 0.6) is 0 Å². The van der Waals surface area contributed by atoms with Crippen molar-refractivity contribution in [3.63, 3.8) is 0 Å². The first-order valence-electron chi connectivity index (χ1n) is 4.74. The van der Waals surface area contributed by atoms with Crippen LogP contribution in [-0.2, 0) is 0 Å². The van der Waals surface area contributed by atoms with E-state index in [2.05, 4.69) is 5.10 Å². The lowest BCUT2D eigenvalue weighted by Crippen LogP contribution is -2.04. The van der Waals surface area contributed by atoms with Gasteiger partial charge < -0.3 is 5.11 Å². The van der Waals surface area contributed by atoms with Crippen molar-refractivity contribution in [3.05, 3.63) is 47.3 Å². The van der Waals surface area contributed by atoms with Crippen molar-refractivity contribution in [2.75, 3.05) is 0 Å². The molecule has 0 atom stereocenters. The average molecular weight is 238 g/mol. The second kappa shape index (κ2) is 3.97. The number of hydrogen-bond acceptors (Lipinski definition) is 2. The van der Waals surface area contributed by atoms with Gasteiger partial charge in [-0.2, -0.15) is 5.10 Å². The van der Waals surface area contributed by atoms with Gasteiger partial charge >= 0.3 is 5.97 Å². The smallest absolute Gasteiger partial charge is 0.356 e. The molecule has 1 aromatic heterocycles. The monoisotopic (exact) mass is 238 g/mol. The van der Waals surface area contributed by atoms with E-state index in [9.17, 15) is 13.6 Å². The van der Waals surface area contributed by atoms with Gasteiger partial charge in [0.1, 0.15) is 11.5 Å². The molecular weight excluding hydrogens is 230 g/mol. The molecule has 1 heterocycles. The van der Waals surface area contributed by atoms with E-state index in [0.717, 1.165) is 16.8 Å². The Morgan fingerprint density at radius 1 is 1.35 bits per heavy atom. The number of rotatable bonds is 2. The molecule has 4 nitrogen and oxygen atoms in total. The van der Waals surface area contributed by atoms with Crippen LogP contribution in [0.2, 0.25) is 0 Å². The van der Waals surface area contributed by atoms with Gasteiger partial charge in [0.15, 0.2) is 11.5 Å². The maximum Gasteiger partial charge on any atom is 0.356 e. The molecule has 0 fully saturated rings. The van der Waals surface area contributed by atoms with E-state index >= 15 is 0 Å². The van der Waals surface area contributed by atoms with Crippen LogP contribution in [0.4, 0.5) is 8.78 Å². The molecular formula is C11H8F2N2O2. The number of aromatic carboxylic acids is 1. The van der Waals surface area contributed by atoms with Crippen LogP contribution in [0.1, 0.15) is 16.2 Å². The standard InChI is InChI=1S/C11H8F2N2O2/c1-6-4-9(11(16)17)14-15(6)10-3-2-7(12)5-8(10)13/h2-5H,1H3,(H,16,17). The third-order valence-corrected chi connectivity index (χ3v) is 2.24. The van der Waals surface area contributed by atoms with Crippen molar-refractivity contribution in [1.82, 2.24) is 9.78 Å². The van der Waals surface area contributed by atoms with E-state index in [1.165, 1.54) is 12.1 Å². The van der Waals surface area contributed by atoms with Crippen LogP contribution >= 0.6 is 0 Å². The first kappa shape index (κ1) is 11.3. The topological polar surface area (TPSA) is 55.1 Å². The van der Waals surface area contributed by atoms with Crippen LogP contribution in [-0.4, -0.2) is 20.9 Å². The molecule has 6 heteroatoms. The van der Waals surface area contributed by atoms with Crippen LogP contribution < -0.4 is 0 Å². The number of aromatic nitrogens is 2. The normalized spacial score (nSPS) is 10.5. The third-order valence-electron chi connectivity index (χ3n) is 2.24. The summed E-state index contributed by atoms with van der Waals surface area (Å²) in [5, 5.41) is 12.5. The predicted molar refractivity (Wildman–Crippen MR) is 55.2 cm³/mol. The highest BCUT2D eigenvalue weighted by atomic mass is 19.1. The Labute approximate surface area is 95.1 Å². The molecule has 2 aromatic rings. The number of carbonyl (C=O) groups is 1. The van der Waals surface area contributed by atoms with Crippen LogP contribution in [0.15, 0.2) is 24.3 Å². The maximum absolute atomic E-state index is 13.5. The Kier molecular flexibility index (Phi) is 2.63. The molecule has 1 N–H and O–H groups in total. The highest BCUT2D eigenvalue weighted by molar-refractivity contribution is 5.85. The van der Waals surface area contributed by atoms with Crippen molar-refractivity contribution in [3.8, 4) is 5.69 Å². The molecule has 1 aromatic carbocycles. The van der Waals surface area contributed by atoms with Crippen molar-refractivity contribution >= 4 is 5.97 Å². The van der Waals surface area contributed by atoms with Crippen molar-refractivity contribution in [2.45, 2.75) is 6.92 Å². The summed E-state index contributed by atoms with van der Waals surface area (Å²) in [6, 6.07) is 4.32. The summed E-state index contributed by atoms with van der Waals surface area (Å²) in [5.41, 5.74) is 0.274. The number of carboxylic acids is 1. The summed E-state index contributed by atoms with van der Waals surface area (Å²) in [6.45, 7) is 1.59. The summed E-state index contributed by atoms with van der Waals surface area (Å²) >= 11 is 0. The molecule has 0 aliphatic carbocycles. The van der Waals surface area contributed by atoms with Crippen LogP contribution in [0.3, 0.4) is 0 Å². The second-order valence-corrected chi connectivity index (χ2v) is 3.48. The van der Waals surface area contributed by atoms with E-state index in [1.807, 2.05) is 0 Å². The van der Waals surface area contributed by atoms with Crippen molar-refractivity contribution in [1.29, 1.82) is 0 Å². The Hall–Kier alpha value is -2.24. The number of halogens is 2. The van der Waals surface area contributed by atoms with Crippen LogP contribution in [0, 0.1) is 18.6 Å². The van der Waals surface area contributed by atoms with Gasteiger partial charge in [0.25, 0.3) is 0 Å². The lowest BCUT2D eigenvalue weighted by atomic mass is 10.3. The molecule has 0 aliphatic rings. The minimum absolute atomic E-state index is 0.0106. The molecule has 17 heavy (non-hydrogen) atoms. The number of carboxylic acid groups (broad SMARTS) is 1. The molecule has 0 unspecified atom stereocenters. The Morgan fingerprint density at radius 3 is 2.59 bits per heavy atom. The zero-order valence-electron chi connectivity index (χ0n) is 8.82. The molecule has 0 amide bonds. The fourth-order valence-corrected chi connectivity index (χ4v) is 1.48. The molecule has 2 rings (SSSR count). The summed E-state index contributed by atoms with van der Waals surface area (Å²) in [7, 11) is 0. The number of benzene rings is 1. The zero-order chi connectivity index (χ0) is 12.6. The molecule has 0 aliphatic heterocycles. The summed E-state index contributed by atoms with van der Waals surface area (Å²) in [4.78, 5) is 10.7. The van der Waals surface area contributed by atoms with E-state index in [4.69, 9.17) is 5.11 Å². The first-order valence-corrected chi connectivity index (χ1v) is 4.74. The van der Waals surface area contributed by atoms with Gasteiger partial charge in [-0.3, -0.25) is 0 Å². The van der Waals surface area contributed by atoms with Crippen LogP contribution in [0.25, 0.3) is 5.69 Å². The number of hydrogen-bond donors (Lipinski definition) is 1. The average Bonchev–Trinajstić information content (AvgIpc) is 2.61. The van der Waals surface area contributed by atoms with Gasteiger partial charge in [0.2, 0.25) is 0 Å². The zero-order valence-corrected chi connectivity index (χ0v) is 8.82. The maximum atomic E-state index is 13.5. The molecule has 0 saturated heterocycles. The lowest BCUT2D eigenvalue weighted by molar-refractivity contribution is 0.0690. The number of nitrogens with zero attached hydrogens (tertiary/aromatic N) is 2. The van der Waals surface area contributed by atoms with Gasteiger partial charge in [-0.25, -0.2) is 18.3 Å². The highest BCUT2D eigenvalue weighted by Crippen LogP contribution is 2.17. The van der Waals surface area contributed by atoms with Gasteiger partial charge in [-0.1, -0.05) is 0 Å². The Bertz CT molecular complexity index is 593. The van der Waals surface area contributed by atoms with E-state index in [1.54, 1.807) is 6.92 Å². The second-order valence-electron chi connectivity index (χ2n) is 3.48. The minimum Gasteiger partial charge on any atom is -0.476 e. The number of aryl methyl sites for hydroxylation is 1.